The normalized spacial score (nSPS) is 14.9. The van der Waals surface area contributed by atoms with Gasteiger partial charge in [-0.2, -0.15) is 0 Å². The monoisotopic (exact) mass is 304 g/mol. The number of likely N-dealkylation sites (tertiary alicyclic amines) is 1. The second-order valence-corrected chi connectivity index (χ2v) is 6.02. The molecule has 0 N–H and O–H groups in total. The summed E-state index contributed by atoms with van der Waals surface area (Å²) >= 11 is 0. The van der Waals surface area contributed by atoms with Crippen LogP contribution in [0.3, 0.4) is 0 Å². The maximum absolute atomic E-state index is 12.4. The number of amides is 1. The van der Waals surface area contributed by atoms with Gasteiger partial charge in [0.05, 0.1) is 5.56 Å². The number of aromatic nitrogens is 1. The minimum Gasteiger partial charge on any atom is -0.339 e. The molecule has 1 aliphatic heterocycles. The average molecular weight is 304 g/mol. The standard InChI is InChI=1S/C20H20N2O/c1-16-11-13-22(14-12-16)20(23)18-8-10-19(21-15-18)9-7-17-5-3-2-4-6-17/h2-6,8,10,15-16H,11-14H2,1H3. The van der Waals surface area contributed by atoms with E-state index in [-0.39, 0.29) is 5.91 Å². The summed E-state index contributed by atoms with van der Waals surface area (Å²) in [5.74, 6) is 6.89. The van der Waals surface area contributed by atoms with E-state index in [0.717, 1.165) is 31.5 Å². The van der Waals surface area contributed by atoms with Gasteiger partial charge in [-0.05, 0) is 48.9 Å². The third-order valence-electron chi connectivity index (χ3n) is 4.19. The molecule has 0 bridgehead atoms. The molecule has 0 spiro atoms. The van der Waals surface area contributed by atoms with Crippen molar-refractivity contribution in [3.8, 4) is 11.8 Å². The molecule has 1 aromatic heterocycles. The maximum Gasteiger partial charge on any atom is 0.255 e. The number of piperidine rings is 1. The van der Waals surface area contributed by atoms with Crippen LogP contribution in [-0.4, -0.2) is 28.9 Å². The number of hydrogen-bond acceptors (Lipinski definition) is 2. The van der Waals surface area contributed by atoms with Crippen LogP contribution in [0.5, 0.6) is 0 Å². The van der Waals surface area contributed by atoms with Gasteiger partial charge in [0.1, 0.15) is 5.69 Å². The average Bonchev–Trinajstić information content (AvgIpc) is 2.61. The SMILES string of the molecule is CC1CCN(C(=O)c2ccc(C#Cc3ccccc3)nc2)CC1. The zero-order valence-corrected chi connectivity index (χ0v) is 13.3. The van der Waals surface area contributed by atoms with Gasteiger partial charge in [0, 0.05) is 24.8 Å². The number of benzene rings is 1. The molecule has 0 aliphatic carbocycles. The van der Waals surface area contributed by atoms with Crippen LogP contribution >= 0.6 is 0 Å². The molecule has 0 unspecified atom stereocenters. The van der Waals surface area contributed by atoms with Crippen LogP contribution in [0, 0.1) is 17.8 Å². The second kappa shape index (κ2) is 7.11. The van der Waals surface area contributed by atoms with Crippen molar-refractivity contribution in [2.45, 2.75) is 19.8 Å². The van der Waals surface area contributed by atoms with Gasteiger partial charge in [0.2, 0.25) is 0 Å². The Bertz CT molecular complexity index is 718. The van der Waals surface area contributed by atoms with Crippen LogP contribution in [-0.2, 0) is 0 Å². The first-order valence-corrected chi connectivity index (χ1v) is 8.05. The predicted octanol–water partition coefficient (Wildman–Crippen LogP) is 3.35. The zero-order chi connectivity index (χ0) is 16.1. The molecule has 1 fully saturated rings. The van der Waals surface area contributed by atoms with Crippen molar-refractivity contribution in [1.29, 1.82) is 0 Å². The molecule has 1 aromatic carbocycles. The first-order valence-electron chi connectivity index (χ1n) is 8.05. The number of rotatable bonds is 1. The van der Waals surface area contributed by atoms with Crippen LogP contribution in [0.1, 0.15) is 41.4 Å². The Morgan fingerprint density at radius 3 is 2.48 bits per heavy atom. The Morgan fingerprint density at radius 2 is 1.83 bits per heavy atom. The van der Waals surface area contributed by atoms with Crippen molar-refractivity contribution >= 4 is 5.91 Å². The van der Waals surface area contributed by atoms with Gasteiger partial charge in [-0.3, -0.25) is 4.79 Å². The maximum atomic E-state index is 12.4. The molecule has 3 rings (SSSR count). The van der Waals surface area contributed by atoms with Gasteiger partial charge in [0.15, 0.2) is 0 Å². The highest BCUT2D eigenvalue weighted by Crippen LogP contribution is 2.18. The number of pyridine rings is 1. The summed E-state index contributed by atoms with van der Waals surface area (Å²) in [6, 6.07) is 13.4. The molecule has 1 saturated heterocycles. The Morgan fingerprint density at radius 1 is 1.09 bits per heavy atom. The number of hydrogen-bond donors (Lipinski definition) is 0. The third kappa shape index (κ3) is 3.98. The zero-order valence-electron chi connectivity index (χ0n) is 13.3. The molecule has 0 atom stereocenters. The fourth-order valence-corrected chi connectivity index (χ4v) is 2.65. The van der Waals surface area contributed by atoms with E-state index in [1.54, 1.807) is 6.20 Å². The first-order chi connectivity index (χ1) is 11.2. The Hall–Kier alpha value is -2.60. The predicted molar refractivity (Wildman–Crippen MR) is 91.0 cm³/mol. The highest BCUT2D eigenvalue weighted by molar-refractivity contribution is 5.94. The van der Waals surface area contributed by atoms with Crippen LogP contribution in [0.15, 0.2) is 48.7 Å². The first kappa shape index (κ1) is 15.3. The molecule has 0 radical (unpaired) electrons. The highest BCUT2D eigenvalue weighted by Gasteiger charge is 2.21. The van der Waals surface area contributed by atoms with Gasteiger partial charge >= 0.3 is 0 Å². The summed E-state index contributed by atoms with van der Waals surface area (Å²) in [7, 11) is 0. The number of carbonyl (C=O) groups is 1. The van der Waals surface area contributed by atoms with Gasteiger partial charge in [-0.15, -0.1) is 0 Å². The van der Waals surface area contributed by atoms with Gasteiger partial charge < -0.3 is 4.90 Å². The molecule has 2 heterocycles. The Balaban J connectivity index is 1.67. The molecule has 23 heavy (non-hydrogen) atoms. The van der Waals surface area contributed by atoms with Crippen molar-refractivity contribution in [2.24, 2.45) is 5.92 Å². The van der Waals surface area contributed by atoms with Crippen LogP contribution < -0.4 is 0 Å². The third-order valence-corrected chi connectivity index (χ3v) is 4.19. The lowest BCUT2D eigenvalue weighted by Crippen LogP contribution is -2.37. The molecule has 3 nitrogen and oxygen atoms in total. The second-order valence-electron chi connectivity index (χ2n) is 6.02. The number of carbonyl (C=O) groups excluding carboxylic acids is 1. The molecule has 116 valence electrons. The van der Waals surface area contributed by atoms with Gasteiger partial charge in [-0.25, -0.2) is 4.98 Å². The summed E-state index contributed by atoms with van der Waals surface area (Å²) < 4.78 is 0. The molecule has 1 amide bonds. The van der Waals surface area contributed by atoms with E-state index >= 15 is 0 Å². The molecular weight excluding hydrogens is 284 g/mol. The summed E-state index contributed by atoms with van der Waals surface area (Å²) in [4.78, 5) is 18.7. The number of nitrogens with zero attached hydrogens (tertiary/aromatic N) is 2. The van der Waals surface area contributed by atoms with E-state index in [2.05, 4.69) is 23.7 Å². The van der Waals surface area contributed by atoms with Crippen molar-refractivity contribution in [3.05, 3.63) is 65.5 Å². The fourth-order valence-electron chi connectivity index (χ4n) is 2.65. The lowest BCUT2D eigenvalue weighted by Gasteiger charge is -2.30. The van der Waals surface area contributed by atoms with Crippen molar-refractivity contribution in [1.82, 2.24) is 9.88 Å². The van der Waals surface area contributed by atoms with Crippen molar-refractivity contribution in [2.75, 3.05) is 13.1 Å². The molecular formula is C20H20N2O. The topological polar surface area (TPSA) is 33.2 Å². The van der Waals surface area contributed by atoms with E-state index in [1.807, 2.05) is 47.4 Å². The lowest BCUT2D eigenvalue weighted by molar-refractivity contribution is 0.0697. The molecule has 3 heteroatoms. The van der Waals surface area contributed by atoms with Crippen LogP contribution in [0.2, 0.25) is 0 Å². The van der Waals surface area contributed by atoms with Crippen molar-refractivity contribution in [3.63, 3.8) is 0 Å². The largest absolute Gasteiger partial charge is 0.339 e. The Labute approximate surface area is 137 Å². The molecule has 1 aliphatic rings. The van der Waals surface area contributed by atoms with Crippen LogP contribution in [0.25, 0.3) is 0 Å². The fraction of sp³-hybridized carbons (Fsp3) is 0.300. The highest BCUT2D eigenvalue weighted by atomic mass is 16.2. The summed E-state index contributed by atoms with van der Waals surface area (Å²) in [5, 5.41) is 0. The van der Waals surface area contributed by atoms with E-state index in [0.29, 0.717) is 17.2 Å². The van der Waals surface area contributed by atoms with Gasteiger partial charge in [0.25, 0.3) is 5.91 Å². The minimum absolute atomic E-state index is 0.0759. The quantitative estimate of drug-likeness (QED) is 0.757. The summed E-state index contributed by atoms with van der Waals surface area (Å²) in [6.45, 7) is 3.93. The smallest absolute Gasteiger partial charge is 0.255 e. The Kier molecular flexibility index (Phi) is 4.73. The van der Waals surface area contributed by atoms with E-state index in [4.69, 9.17) is 0 Å². The summed E-state index contributed by atoms with van der Waals surface area (Å²) in [5.41, 5.74) is 2.28. The van der Waals surface area contributed by atoms with Crippen LogP contribution in [0.4, 0.5) is 0 Å². The van der Waals surface area contributed by atoms with E-state index in [9.17, 15) is 4.79 Å². The molecule has 2 aromatic rings. The van der Waals surface area contributed by atoms with E-state index in [1.165, 1.54) is 0 Å². The molecule has 0 saturated carbocycles. The van der Waals surface area contributed by atoms with Gasteiger partial charge in [-0.1, -0.05) is 31.0 Å². The minimum atomic E-state index is 0.0759. The lowest BCUT2D eigenvalue weighted by atomic mass is 9.99. The van der Waals surface area contributed by atoms with Crippen molar-refractivity contribution < 1.29 is 4.79 Å². The van der Waals surface area contributed by atoms with E-state index < -0.39 is 0 Å². The summed E-state index contributed by atoms with van der Waals surface area (Å²) in [6.07, 6.45) is 3.80.